The summed E-state index contributed by atoms with van der Waals surface area (Å²) >= 11 is 4.34. The number of esters is 1. The molecule has 3 aromatic rings. The normalized spacial score (nSPS) is 17.7. The minimum Gasteiger partial charge on any atom is -0.448 e. The highest BCUT2D eigenvalue weighted by Crippen LogP contribution is 2.53. The van der Waals surface area contributed by atoms with Gasteiger partial charge in [0.05, 0.1) is 16.0 Å². The molecule has 1 atom stereocenters. The Hall–Kier alpha value is -2.62. The maximum Gasteiger partial charge on any atom is 0.357 e. The van der Waals surface area contributed by atoms with Gasteiger partial charge < -0.3 is 4.74 Å². The van der Waals surface area contributed by atoms with Crippen molar-refractivity contribution in [1.29, 1.82) is 0 Å². The Balaban J connectivity index is 1.48. The van der Waals surface area contributed by atoms with Crippen molar-refractivity contribution in [3.63, 3.8) is 0 Å². The molecule has 0 unspecified atom stereocenters. The zero-order valence-electron chi connectivity index (χ0n) is 16.4. The minimum atomic E-state index is -0.571. The first-order valence-electron chi connectivity index (χ1n) is 9.62. The predicted octanol–water partition coefficient (Wildman–Crippen LogP) is 4.75. The van der Waals surface area contributed by atoms with Crippen molar-refractivity contribution in [2.24, 2.45) is 0 Å². The van der Waals surface area contributed by atoms with Crippen LogP contribution in [0.3, 0.4) is 0 Å². The van der Waals surface area contributed by atoms with E-state index in [1.54, 1.807) is 4.90 Å². The van der Waals surface area contributed by atoms with Gasteiger partial charge in [-0.15, -0.1) is 10.2 Å². The second-order valence-electron chi connectivity index (χ2n) is 6.97. The van der Waals surface area contributed by atoms with Gasteiger partial charge in [0.15, 0.2) is 16.1 Å². The number of amides is 1. The number of aryl methyl sites for hydroxylation is 1. The lowest BCUT2D eigenvalue weighted by molar-refractivity contribution is -0.151. The number of aromatic nitrogens is 2. The third-order valence-electron chi connectivity index (χ3n) is 4.89. The van der Waals surface area contributed by atoms with E-state index in [0.29, 0.717) is 12.1 Å². The van der Waals surface area contributed by atoms with E-state index in [-0.39, 0.29) is 11.3 Å². The number of carbonyl (C=O) groups excluding carboxylic acids is 2. The van der Waals surface area contributed by atoms with Gasteiger partial charge in [-0.25, -0.2) is 4.79 Å². The number of β-lactam (4-membered cyclic amide) rings is 1. The smallest absolute Gasteiger partial charge is 0.357 e. The Morgan fingerprint density at radius 1 is 1.10 bits per heavy atom. The molecule has 6 nitrogen and oxygen atoms in total. The van der Waals surface area contributed by atoms with Crippen molar-refractivity contribution in [3.05, 3.63) is 86.7 Å². The maximum absolute atomic E-state index is 13.4. The molecule has 3 heterocycles. The summed E-state index contributed by atoms with van der Waals surface area (Å²) in [5.41, 5.74) is 2.04. The van der Waals surface area contributed by atoms with E-state index in [0.717, 1.165) is 24.7 Å². The highest BCUT2D eigenvalue weighted by molar-refractivity contribution is 8.23. The van der Waals surface area contributed by atoms with Crippen LogP contribution in [-0.2, 0) is 14.3 Å². The molecule has 1 aromatic heterocycles. The minimum absolute atomic E-state index is 0.0570. The molecule has 2 aliphatic heterocycles. The lowest BCUT2D eigenvalue weighted by atomic mass is 10.0. The molecule has 2 aliphatic rings. The van der Waals surface area contributed by atoms with Gasteiger partial charge in [-0.3, -0.25) is 9.69 Å². The van der Waals surface area contributed by atoms with Crippen molar-refractivity contribution >= 4 is 46.7 Å². The van der Waals surface area contributed by atoms with Crippen molar-refractivity contribution in [2.75, 3.05) is 0 Å². The third kappa shape index (κ3) is 4.00. The molecule has 156 valence electrons. The number of hydrogen-bond acceptors (Lipinski definition) is 8. The number of thioether (sulfide) groups is 2. The molecule has 2 aromatic carbocycles. The number of carbonyl (C=O) groups is 2. The predicted molar refractivity (Wildman–Crippen MR) is 121 cm³/mol. The lowest BCUT2D eigenvalue weighted by Gasteiger charge is -2.34. The van der Waals surface area contributed by atoms with Crippen LogP contribution in [0, 0.1) is 6.92 Å². The molecule has 1 saturated heterocycles. The quantitative estimate of drug-likeness (QED) is 0.383. The molecule has 1 fully saturated rings. The molecule has 5 rings (SSSR count). The fraction of sp³-hybridized carbons (Fsp3) is 0.182. The third-order valence-corrected chi connectivity index (χ3v) is 8.26. The summed E-state index contributed by atoms with van der Waals surface area (Å²) in [7, 11) is 0. The number of fused-ring (bicyclic) bond motifs is 1. The topological polar surface area (TPSA) is 72.4 Å². The Bertz CT molecular complexity index is 1120. The molecule has 0 radical (unpaired) electrons. The van der Waals surface area contributed by atoms with Gasteiger partial charge in [-0.1, -0.05) is 83.8 Å². The maximum atomic E-state index is 13.4. The van der Waals surface area contributed by atoms with E-state index in [2.05, 4.69) is 10.2 Å². The summed E-state index contributed by atoms with van der Waals surface area (Å²) < 4.78 is 7.50. The number of hydrogen-bond donors (Lipinski definition) is 0. The highest BCUT2D eigenvalue weighted by atomic mass is 32.2. The Morgan fingerprint density at radius 3 is 2.29 bits per heavy atom. The van der Waals surface area contributed by atoms with E-state index in [1.807, 2.05) is 67.6 Å². The highest BCUT2D eigenvalue weighted by Gasteiger charge is 2.49. The first-order valence-corrected chi connectivity index (χ1v) is 12.1. The van der Waals surface area contributed by atoms with Crippen LogP contribution < -0.4 is 0 Å². The zero-order valence-corrected chi connectivity index (χ0v) is 18.9. The molecule has 0 bridgehead atoms. The summed E-state index contributed by atoms with van der Waals surface area (Å²) in [6.07, 6.45) is -0.153. The largest absolute Gasteiger partial charge is 0.448 e. The van der Waals surface area contributed by atoms with Gasteiger partial charge >= 0.3 is 5.97 Å². The molecule has 0 spiro atoms. The molecule has 0 aliphatic carbocycles. The Kier molecular flexibility index (Phi) is 5.56. The average molecular weight is 468 g/mol. The van der Waals surface area contributed by atoms with Gasteiger partial charge in [-0.05, 0) is 29.8 Å². The Labute approximate surface area is 191 Å². The molecule has 1 amide bonds. The monoisotopic (exact) mass is 467 g/mol. The standard InChI is InChI=1S/C22H17N3O3S3/c1-13-23-24-22(29-13)31-21-18(25-16(26)12-17(25)30-21)20(27)28-19(14-8-4-2-5-9-14)15-10-6-3-7-11-15/h2-11,17,19H,12H2,1H3/t17-/m1/s1. The van der Waals surface area contributed by atoms with Crippen LogP contribution in [0.15, 0.2) is 74.9 Å². The van der Waals surface area contributed by atoms with Gasteiger partial charge in [0, 0.05) is 0 Å². The van der Waals surface area contributed by atoms with Crippen LogP contribution in [0.5, 0.6) is 0 Å². The Morgan fingerprint density at radius 2 is 1.74 bits per heavy atom. The summed E-state index contributed by atoms with van der Waals surface area (Å²) in [5.74, 6) is -0.575. The second kappa shape index (κ2) is 8.49. The first-order chi connectivity index (χ1) is 15.1. The van der Waals surface area contributed by atoms with Crippen LogP contribution in [0.1, 0.15) is 28.7 Å². The van der Waals surface area contributed by atoms with Gasteiger partial charge in [0.1, 0.15) is 5.01 Å². The number of rotatable bonds is 6. The molecular formula is C22H17N3O3S3. The van der Waals surface area contributed by atoms with E-state index in [9.17, 15) is 9.59 Å². The molecule has 31 heavy (non-hydrogen) atoms. The van der Waals surface area contributed by atoms with Crippen LogP contribution in [-0.4, -0.2) is 32.3 Å². The number of benzene rings is 2. The fourth-order valence-electron chi connectivity index (χ4n) is 3.43. The van der Waals surface area contributed by atoms with E-state index < -0.39 is 12.1 Å². The van der Waals surface area contributed by atoms with Crippen molar-refractivity contribution in [1.82, 2.24) is 15.1 Å². The fourth-order valence-corrected chi connectivity index (χ4v) is 7.16. The first kappa shape index (κ1) is 20.3. The average Bonchev–Trinajstić information content (AvgIpc) is 3.33. The molecule has 0 saturated carbocycles. The number of ether oxygens (including phenoxy) is 1. The van der Waals surface area contributed by atoms with Crippen LogP contribution in [0.2, 0.25) is 0 Å². The molecular weight excluding hydrogens is 450 g/mol. The molecule has 9 heteroatoms. The van der Waals surface area contributed by atoms with E-state index >= 15 is 0 Å². The van der Waals surface area contributed by atoms with Gasteiger partial charge in [-0.2, -0.15) is 0 Å². The molecule has 0 N–H and O–H groups in total. The van der Waals surface area contributed by atoms with Gasteiger partial charge in [0.2, 0.25) is 5.91 Å². The van der Waals surface area contributed by atoms with E-state index in [1.165, 1.54) is 34.9 Å². The van der Waals surface area contributed by atoms with Gasteiger partial charge in [0.25, 0.3) is 0 Å². The van der Waals surface area contributed by atoms with Crippen LogP contribution in [0.4, 0.5) is 0 Å². The summed E-state index contributed by atoms with van der Waals surface area (Å²) in [4.78, 5) is 27.3. The zero-order chi connectivity index (χ0) is 21.4. The lowest BCUT2D eigenvalue weighted by Crippen LogP contribution is -2.48. The summed E-state index contributed by atoms with van der Waals surface area (Å²) in [5, 5.41) is 8.98. The second-order valence-corrected chi connectivity index (χ2v) is 10.9. The van der Waals surface area contributed by atoms with E-state index in [4.69, 9.17) is 4.74 Å². The summed E-state index contributed by atoms with van der Waals surface area (Å²) in [6.45, 7) is 1.88. The van der Waals surface area contributed by atoms with Crippen LogP contribution in [0.25, 0.3) is 0 Å². The van der Waals surface area contributed by atoms with Crippen molar-refractivity contribution in [3.8, 4) is 0 Å². The van der Waals surface area contributed by atoms with Crippen LogP contribution >= 0.6 is 34.9 Å². The number of nitrogens with zero attached hydrogens (tertiary/aromatic N) is 3. The SMILES string of the molecule is Cc1nnc(SC2=C(C(=O)OC(c3ccccc3)c3ccccc3)N3C(=O)C[C@H]3S2)s1. The van der Waals surface area contributed by atoms with Crippen molar-refractivity contribution < 1.29 is 14.3 Å². The van der Waals surface area contributed by atoms with Crippen molar-refractivity contribution in [2.45, 2.75) is 29.2 Å². The summed E-state index contributed by atoms with van der Waals surface area (Å²) in [6, 6.07) is 19.2.